The van der Waals surface area contributed by atoms with Gasteiger partial charge in [-0.1, -0.05) is 228 Å². The minimum atomic E-state index is -1.13. The highest BCUT2D eigenvalue weighted by atomic mass is 15.6. The molecule has 12 aromatic carbocycles. The lowest BCUT2D eigenvalue weighted by Gasteiger charge is -2.41. The van der Waals surface area contributed by atoms with Gasteiger partial charge in [0.25, 0.3) is 0 Å². The highest BCUT2D eigenvalue weighted by Gasteiger charge is 2.76. The summed E-state index contributed by atoms with van der Waals surface area (Å²) in [4.78, 5) is 0. The lowest BCUT2D eigenvalue weighted by atomic mass is 9.89. The second-order valence-electron chi connectivity index (χ2n) is 22.7. The van der Waals surface area contributed by atoms with Crippen molar-refractivity contribution >= 4 is 110 Å². The number of hydrogen-bond donors (Lipinski definition) is 0. The first kappa shape index (κ1) is 42.4. The van der Waals surface area contributed by atoms with Crippen LogP contribution in [0.2, 0.25) is 0 Å². The van der Waals surface area contributed by atoms with Gasteiger partial charge < -0.3 is 0 Å². The highest BCUT2D eigenvalue weighted by Crippen LogP contribution is 2.61. The van der Waals surface area contributed by atoms with Gasteiger partial charge in [0.05, 0.1) is 66.6 Å². The standard InChI is InChI=1S/C77H44N4/c1-5-21-45(22-6-1)65-69-57-37-49-29-13-15-31-51(49)39-59(57)71-66(46-23-7-2-8-24-46)73-61-41-53-33-17-19-35-55(53)43-63(61)75-68(48-27-11-4-12-28-48)76-64-44-56-36-20-18-34-54(56)42-62(64)74-67(47-25-9-3-10-26-47)72-60-40-52-32-16-14-30-50(52)38-58(60)70(65)79(72)77(78(69)71,80(73)75)81(74)76/h1-44H/q+2. The lowest BCUT2D eigenvalue weighted by molar-refractivity contribution is -0.805. The third kappa shape index (κ3) is 5.05. The Labute approximate surface area is 464 Å². The third-order valence-corrected chi connectivity index (χ3v) is 18.7. The van der Waals surface area contributed by atoms with Crippen LogP contribution in [0.3, 0.4) is 0 Å². The normalized spacial score (nSPS) is 15.8. The summed E-state index contributed by atoms with van der Waals surface area (Å²) in [5.41, 5.74) is 21.8. The number of hydrogen-bond acceptors (Lipinski definition) is 0. The first-order chi connectivity index (χ1) is 40.2. The zero-order valence-corrected chi connectivity index (χ0v) is 43.7. The second-order valence-corrected chi connectivity index (χ2v) is 22.7. The van der Waals surface area contributed by atoms with E-state index in [1.165, 1.54) is 176 Å². The van der Waals surface area contributed by atoms with Gasteiger partial charge in [0.1, 0.15) is 0 Å². The highest BCUT2D eigenvalue weighted by molar-refractivity contribution is 6.38. The number of fused-ring (bicyclic) bond motifs is 16. The lowest BCUT2D eigenvalue weighted by Crippen LogP contribution is -2.71. The number of aromatic nitrogens is 2. The Balaban J connectivity index is 1.17. The maximum Gasteiger partial charge on any atom is 0.554 e. The Bertz CT molecular complexity index is 5250. The Morgan fingerprint density at radius 2 is 0.519 bits per heavy atom. The summed E-state index contributed by atoms with van der Waals surface area (Å²) in [6.07, 6.45) is 0. The fourth-order valence-corrected chi connectivity index (χ4v) is 15.7. The van der Waals surface area contributed by atoms with Crippen LogP contribution >= 0.6 is 0 Å². The fraction of sp³-hybridized carbons (Fsp3) is 0.0130. The van der Waals surface area contributed by atoms with Crippen molar-refractivity contribution in [3.63, 3.8) is 0 Å². The Kier molecular flexibility index (Phi) is 7.80. The molecule has 20 rings (SSSR count). The second kappa shape index (κ2) is 14.9. The van der Waals surface area contributed by atoms with Crippen LogP contribution in [0.4, 0.5) is 0 Å². The van der Waals surface area contributed by atoms with Gasteiger partial charge >= 0.3 is 5.91 Å². The summed E-state index contributed by atoms with van der Waals surface area (Å²) >= 11 is 0. The van der Waals surface area contributed by atoms with Crippen LogP contribution in [-0.2, 0) is 5.91 Å². The maximum absolute atomic E-state index is 2.86. The van der Waals surface area contributed by atoms with Crippen molar-refractivity contribution in [3.8, 4) is 0 Å². The summed E-state index contributed by atoms with van der Waals surface area (Å²) in [5, 5.41) is 17.1. The predicted octanol–water partition coefficient (Wildman–Crippen LogP) is 15.2. The van der Waals surface area contributed by atoms with Crippen molar-refractivity contribution in [1.29, 1.82) is 0 Å². The van der Waals surface area contributed by atoms with Gasteiger partial charge in [0, 0.05) is 21.5 Å². The molecule has 0 saturated carbocycles. The molecule has 0 unspecified atom stereocenters. The van der Waals surface area contributed by atoms with Gasteiger partial charge in [-0.05, 0) is 114 Å². The number of rotatable bonds is 4. The van der Waals surface area contributed by atoms with Gasteiger partial charge in [-0.2, -0.15) is 9.13 Å². The van der Waals surface area contributed by atoms with Crippen LogP contribution < -0.4 is 10.7 Å². The summed E-state index contributed by atoms with van der Waals surface area (Å²) < 4.78 is 11.4. The summed E-state index contributed by atoms with van der Waals surface area (Å²) in [6, 6.07) is 101. The van der Waals surface area contributed by atoms with Crippen molar-refractivity contribution in [2.45, 2.75) is 5.91 Å². The Hall–Kier alpha value is -10.7. The molecule has 8 heterocycles. The number of nitrogens with zero attached hydrogens (tertiary/aromatic N) is 4. The Morgan fingerprint density at radius 3 is 0.852 bits per heavy atom. The van der Waals surface area contributed by atoms with E-state index >= 15 is 0 Å². The molecule has 4 nitrogen and oxygen atoms in total. The van der Waals surface area contributed by atoms with Crippen molar-refractivity contribution in [2.24, 2.45) is 0 Å². The van der Waals surface area contributed by atoms with Crippen molar-refractivity contribution in [3.05, 3.63) is 334 Å². The molecule has 0 fully saturated rings. The minimum Gasteiger partial charge on any atom is -0.197 e. The van der Waals surface area contributed by atoms with E-state index in [9.17, 15) is 0 Å². The molecule has 0 saturated heterocycles. The van der Waals surface area contributed by atoms with E-state index in [-0.39, 0.29) is 0 Å². The topological polar surface area (TPSA) is 15.9 Å². The summed E-state index contributed by atoms with van der Waals surface area (Å²) in [6.45, 7) is 0. The Morgan fingerprint density at radius 1 is 0.247 bits per heavy atom. The van der Waals surface area contributed by atoms with Gasteiger partial charge in [-0.15, -0.1) is 0 Å². The van der Waals surface area contributed by atoms with Crippen molar-refractivity contribution in [1.82, 2.24) is 9.13 Å². The molecule has 6 aliphatic heterocycles. The maximum atomic E-state index is 2.86. The first-order valence-electron chi connectivity index (χ1n) is 28.3. The fourth-order valence-electron chi connectivity index (χ4n) is 15.7. The van der Waals surface area contributed by atoms with Crippen LogP contribution in [-0.4, -0.2) is 29.7 Å². The van der Waals surface area contributed by atoms with E-state index in [0.29, 0.717) is 0 Å². The van der Waals surface area contributed by atoms with E-state index in [1.54, 1.807) is 0 Å². The third-order valence-electron chi connectivity index (χ3n) is 18.7. The van der Waals surface area contributed by atoms with E-state index in [2.05, 4.69) is 285 Å². The van der Waals surface area contributed by atoms with Crippen molar-refractivity contribution in [2.75, 3.05) is 0 Å². The smallest absolute Gasteiger partial charge is 0.197 e. The van der Waals surface area contributed by atoms with E-state index in [1.807, 2.05) is 0 Å². The molecule has 0 aliphatic carbocycles. The SMILES string of the molecule is c1ccc(C2=C3c4cc5ccccc5cc4C4=[N+]3C35n6c2c2cc7ccccc7cc2c6C(c2ccccc2)=C2c6cc7ccccc7cc6C(=[N+]23)C(c2ccccc2)=c2c3cc6ccccc6cc3c(n25)=C4c2ccccc2)cc1. The predicted molar refractivity (Wildman–Crippen MR) is 331 cm³/mol. The molecular weight excluding hydrogens is 981 g/mol. The molecule has 4 heteroatoms. The molecule has 0 bridgehead atoms. The van der Waals surface area contributed by atoms with Crippen LogP contribution in [0, 0.1) is 0 Å². The quantitative estimate of drug-likeness (QED) is 0.156. The molecule has 6 aliphatic rings. The van der Waals surface area contributed by atoms with Gasteiger partial charge in [0.2, 0.25) is 22.8 Å². The van der Waals surface area contributed by atoms with Gasteiger partial charge in [-0.25, -0.2) is 0 Å². The molecular formula is C77H44N4+2. The molecule has 0 radical (unpaired) electrons. The molecule has 0 N–H and O–H groups in total. The van der Waals surface area contributed by atoms with Gasteiger partial charge in [0.15, 0.2) is 0 Å². The monoisotopic (exact) mass is 1020 g/mol. The first-order valence-corrected chi connectivity index (χ1v) is 28.3. The molecule has 0 amide bonds. The zero-order chi connectivity index (χ0) is 52.4. The van der Waals surface area contributed by atoms with Crippen molar-refractivity contribution < 1.29 is 9.15 Å². The van der Waals surface area contributed by atoms with Crippen LogP contribution in [0.15, 0.2) is 267 Å². The molecule has 1 spiro atoms. The average Bonchev–Trinajstić information content (AvgIpc) is 1.54. The molecule has 2 aromatic heterocycles. The van der Waals surface area contributed by atoms with E-state index in [4.69, 9.17) is 0 Å². The summed E-state index contributed by atoms with van der Waals surface area (Å²) in [7, 11) is 0. The van der Waals surface area contributed by atoms with Gasteiger partial charge in [-0.3, -0.25) is 0 Å². The van der Waals surface area contributed by atoms with E-state index < -0.39 is 5.91 Å². The zero-order valence-electron chi connectivity index (χ0n) is 43.7. The molecule has 14 aromatic rings. The largest absolute Gasteiger partial charge is 0.554 e. The van der Waals surface area contributed by atoms with E-state index in [0.717, 1.165) is 0 Å². The van der Waals surface area contributed by atoms with Crippen LogP contribution in [0.25, 0.3) is 98.3 Å². The average molecular weight is 1030 g/mol. The van der Waals surface area contributed by atoms with Crippen LogP contribution in [0.1, 0.15) is 55.9 Å². The molecule has 0 atom stereocenters. The van der Waals surface area contributed by atoms with Crippen LogP contribution in [0.5, 0.6) is 0 Å². The molecule has 370 valence electrons. The summed E-state index contributed by atoms with van der Waals surface area (Å²) in [5.74, 6) is -1.13. The minimum absolute atomic E-state index is 1.13. The molecule has 81 heavy (non-hydrogen) atoms. The number of benzene rings is 12.